The lowest BCUT2D eigenvalue weighted by molar-refractivity contribution is 0.137. The van der Waals surface area contributed by atoms with Gasteiger partial charge in [-0.1, -0.05) is 19.8 Å². The molecule has 0 aliphatic heterocycles. The molecule has 0 saturated heterocycles. The minimum Gasteiger partial charge on any atom is -0.382 e. The van der Waals surface area contributed by atoms with Crippen LogP contribution in [0.4, 0.5) is 0 Å². The van der Waals surface area contributed by atoms with Gasteiger partial charge in [0.2, 0.25) is 0 Å². The summed E-state index contributed by atoms with van der Waals surface area (Å²) in [5.74, 6) is 1.66. The number of rotatable bonds is 6. The predicted molar refractivity (Wildman–Crippen MR) is 64.8 cm³/mol. The fourth-order valence-corrected chi connectivity index (χ4v) is 2.67. The second-order valence-corrected chi connectivity index (χ2v) is 5.03. The van der Waals surface area contributed by atoms with Crippen molar-refractivity contribution in [1.82, 2.24) is 0 Å². The van der Waals surface area contributed by atoms with Crippen LogP contribution in [0.1, 0.15) is 52.4 Å². The maximum Gasteiger partial charge on any atom is 0.0466 e. The van der Waals surface area contributed by atoms with Gasteiger partial charge in [0.25, 0.3) is 0 Å². The van der Waals surface area contributed by atoms with E-state index in [1.807, 2.05) is 6.92 Å². The predicted octanol–water partition coefficient (Wildman–Crippen LogP) is 2.96. The molecule has 1 aliphatic carbocycles. The van der Waals surface area contributed by atoms with Crippen LogP contribution in [0.2, 0.25) is 0 Å². The lowest BCUT2D eigenvalue weighted by atomic mass is 9.78. The highest BCUT2D eigenvalue weighted by atomic mass is 16.5. The van der Waals surface area contributed by atoms with E-state index in [0.29, 0.717) is 6.04 Å². The Morgan fingerprint density at radius 1 is 1.40 bits per heavy atom. The Bertz CT molecular complexity index is 161. The van der Waals surface area contributed by atoms with E-state index in [0.717, 1.165) is 37.9 Å². The number of nitrogens with two attached hydrogens (primary N) is 1. The van der Waals surface area contributed by atoms with Crippen molar-refractivity contribution in [1.29, 1.82) is 0 Å². The molecule has 0 amide bonds. The van der Waals surface area contributed by atoms with Gasteiger partial charge in [0.1, 0.15) is 0 Å². The third-order valence-electron chi connectivity index (χ3n) is 3.61. The molecule has 2 heteroatoms. The van der Waals surface area contributed by atoms with Crippen LogP contribution in [0, 0.1) is 11.8 Å². The van der Waals surface area contributed by atoms with Crippen LogP contribution in [-0.4, -0.2) is 19.3 Å². The molecule has 2 N–H and O–H groups in total. The first-order valence-corrected chi connectivity index (χ1v) is 6.57. The maximum atomic E-state index is 6.24. The Labute approximate surface area is 94.6 Å². The molecular weight excluding hydrogens is 186 g/mol. The Kier molecular flexibility index (Phi) is 6.26. The van der Waals surface area contributed by atoms with E-state index in [1.54, 1.807) is 0 Å². The molecule has 3 atom stereocenters. The fourth-order valence-electron chi connectivity index (χ4n) is 2.67. The number of hydrogen-bond acceptors (Lipinski definition) is 2. The highest BCUT2D eigenvalue weighted by Gasteiger charge is 2.23. The number of ether oxygens (including phenoxy) is 1. The van der Waals surface area contributed by atoms with E-state index in [1.165, 1.54) is 25.7 Å². The Morgan fingerprint density at radius 2 is 2.20 bits per heavy atom. The summed E-state index contributed by atoms with van der Waals surface area (Å²) in [6.45, 7) is 6.12. The van der Waals surface area contributed by atoms with Crippen LogP contribution in [-0.2, 0) is 4.74 Å². The third kappa shape index (κ3) is 4.98. The summed E-state index contributed by atoms with van der Waals surface area (Å²) in [5.41, 5.74) is 6.24. The summed E-state index contributed by atoms with van der Waals surface area (Å²) in [6.07, 6.45) is 7.74. The standard InChI is InChI=1S/C13H27NO/c1-3-15-9-5-8-13(14)12-7-4-6-11(2)10-12/h11-13H,3-10,14H2,1-2H3. The van der Waals surface area contributed by atoms with Crippen molar-refractivity contribution in [3.8, 4) is 0 Å². The molecule has 0 aromatic carbocycles. The van der Waals surface area contributed by atoms with Gasteiger partial charge in [0.05, 0.1) is 0 Å². The van der Waals surface area contributed by atoms with E-state index in [9.17, 15) is 0 Å². The molecule has 3 unspecified atom stereocenters. The van der Waals surface area contributed by atoms with Crippen molar-refractivity contribution >= 4 is 0 Å². The molecule has 2 nitrogen and oxygen atoms in total. The van der Waals surface area contributed by atoms with Crippen LogP contribution >= 0.6 is 0 Å². The van der Waals surface area contributed by atoms with Gasteiger partial charge in [-0.3, -0.25) is 0 Å². The van der Waals surface area contributed by atoms with E-state index in [4.69, 9.17) is 10.5 Å². The second-order valence-electron chi connectivity index (χ2n) is 5.03. The summed E-state index contributed by atoms with van der Waals surface area (Å²) in [4.78, 5) is 0. The number of hydrogen-bond donors (Lipinski definition) is 1. The molecular formula is C13H27NO. The smallest absolute Gasteiger partial charge is 0.0466 e. The lowest BCUT2D eigenvalue weighted by Crippen LogP contribution is -2.33. The van der Waals surface area contributed by atoms with Crippen LogP contribution in [0.25, 0.3) is 0 Å². The van der Waals surface area contributed by atoms with Gasteiger partial charge in [-0.2, -0.15) is 0 Å². The summed E-state index contributed by atoms with van der Waals surface area (Å²) in [7, 11) is 0. The zero-order valence-corrected chi connectivity index (χ0v) is 10.4. The largest absolute Gasteiger partial charge is 0.382 e. The molecule has 0 aromatic rings. The van der Waals surface area contributed by atoms with Crippen LogP contribution < -0.4 is 5.73 Å². The Hall–Kier alpha value is -0.0800. The minimum absolute atomic E-state index is 0.410. The summed E-state index contributed by atoms with van der Waals surface area (Å²) in [6, 6.07) is 0.410. The molecule has 1 aliphatic rings. The molecule has 1 fully saturated rings. The molecule has 0 aromatic heterocycles. The second kappa shape index (κ2) is 7.24. The first-order chi connectivity index (χ1) is 7.24. The zero-order valence-electron chi connectivity index (χ0n) is 10.4. The average Bonchev–Trinajstić information content (AvgIpc) is 2.24. The molecule has 1 saturated carbocycles. The summed E-state index contributed by atoms with van der Waals surface area (Å²) in [5, 5.41) is 0. The first kappa shape index (κ1) is 13.0. The van der Waals surface area contributed by atoms with E-state index < -0.39 is 0 Å². The van der Waals surface area contributed by atoms with Gasteiger partial charge in [0, 0.05) is 19.3 Å². The van der Waals surface area contributed by atoms with Crippen LogP contribution in [0.3, 0.4) is 0 Å². The van der Waals surface area contributed by atoms with Crippen molar-refractivity contribution < 1.29 is 4.74 Å². The highest BCUT2D eigenvalue weighted by molar-refractivity contribution is 4.78. The maximum absolute atomic E-state index is 6.24. The molecule has 1 rings (SSSR count). The van der Waals surface area contributed by atoms with E-state index in [-0.39, 0.29) is 0 Å². The quantitative estimate of drug-likeness (QED) is 0.688. The third-order valence-corrected chi connectivity index (χ3v) is 3.61. The fraction of sp³-hybridized carbons (Fsp3) is 1.00. The van der Waals surface area contributed by atoms with Crippen LogP contribution in [0.5, 0.6) is 0 Å². The van der Waals surface area contributed by atoms with Gasteiger partial charge in [0.15, 0.2) is 0 Å². The summed E-state index contributed by atoms with van der Waals surface area (Å²) < 4.78 is 5.34. The lowest BCUT2D eigenvalue weighted by Gasteiger charge is -2.31. The zero-order chi connectivity index (χ0) is 11.1. The van der Waals surface area contributed by atoms with Gasteiger partial charge < -0.3 is 10.5 Å². The molecule has 15 heavy (non-hydrogen) atoms. The van der Waals surface area contributed by atoms with E-state index in [2.05, 4.69) is 6.92 Å². The Morgan fingerprint density at radius 3 is 2.87 bits per heavy atom. The van der Waals surface area contributed by atoms with Gasteiger partial charge in [-0.15, -0.1) is 0 Å². The average molecular weight is 213 g/mol. The molecule has 0 bridgehead atoms. The minimum atomic E-state index is 0.410. The molecule has 90 valence electrons. The first-order valence-electron chi connectivity index (χ1n) is 6.57. The topological polar surface area (TPSA) is 35.2 Å². The molecule has 0 radical (unpaired) electrons. The van der Waals surface area contributed by atoms with Crippen molar-refractivity contribution in [2.45, 2.75) is 58.4 Å². The van der Waals surface area contributed by atoms with Crippen molar-refractivity contribution in [3.05, 3.63) is 0 Å². The monoisotopic (exact) mass is 213 g/mol. The van der Waals surface area contributed by atoms with Gasteiger partial charge in [-0.05, 0) is 44.4 Å². The summed E-state index contributed by atoms with van der Waals surface area (Å²) >= 11 is 0. The van der Waals surface area contributed by atoms with Crippen LogP contribution in [0.15, 0.2) is 0 Å². The Balaban J connectivity index is 2.12. The van der Waals surface area contributed by atoms with Crippen molar-refractivity contribution in [3.63, 3.8) is 0 Å². The van der Waals surface area contributed by atoms with Crippen molar-refractivity contribution in [2.24, 2.45) is 17.6 Å². The van der Waals surface area contributed by atoms with Gasteiger partial charge >= 0.3 is 0 Å². The SMILES string of the molecule is CCOCCCC(N)C1CCCC(C)C1. The highest BCUT2D eigenvalue weighted by Crippen LogP contribution is 2.31. The van der Waals surface area contributed by atoms with Crippen molar-refractivity contribution in [2.75, 3.05) is 13.2 Å². The van der Waals surface area contributed by atoms with Gasteiger partial charge in [-0.25, -0.2) is 0 Å². The molecule has 0 spiro atoms. The van der Waals surface area contributed by atoms with E-state index >= 15 is 0 Å². The molecule has 0 heterocycles. The normalized spacial score (nSPS) is 29.0.